The average Bonchev–Trinajstić information content (AvgIpc) is 2.55. The molecule has 0 atom stereocenters. The molecule has 3 aromatic rings. The van der Waals surface area contributed by atoms with E-state index >= 15 is 0 Å². The summed E-state index contributed by atoms with van der Waals surface area (Å²) >= 11 is 3.35. The first kappa shape index (κ1) is 16.5. The number of hydrogen-bond donors (Lipinski definition) is 0. The van der Waals surface area contributed by atoms with E-state index < -0.39 is 11.6 Å². The van der Waals surface area contributed by atoms with Crippen LogP contribution in [0.4, 0.5) is 0 Å². The molecule has 0 amide bonds. The molecule has 4 nitrogen and oxygen atoms in total. The molecular formula is C19H15BrO4. The van der Waals surface area contributed by atoms with Crippen LogP contribution in [0.1, 0.15) is 35.7 Å². The summed E-state index contributed by atoms with van der Waals surface area (Å²) in [6, 6.07) is 13.9. The standard InChI is InChI=1S/C19H15BrO4/c1-11(2)12-3-6-15(7-4-12)23-18(21)16-10-13-9-14(20)5-8-17(13)24-19(16)22/h3-11H,1-2H3. The molecule has 5 heteroatoms. The van der Waals surface area contributed by atoms with E-state index in [2.05, 4.69) is 29.8 Å². The summed E-state index contributed by atoms with van der Waals surface area (Å²) < 4.78 is 11.3. The Hall–Kier alpha value is -2.40. The van der Waals surface area contributed by atoms with Crippen molar-refractivity contribution in [2.45, 2.75) is 19.8 Å². The zero-order chi connectivity index (χ0) is 17.3. The normalized spacial score (nSPS) is 11.0. The Kier molecular flexibility index (Phi) is 4.53. The van der Waals surface area contributed by atoms with Gasteiger partial charge in [-0.05, 0) is 47.9 Å². The molecule has 0 unspecified atom stereocenters. The molecule has 0 saturated carbocycles. The van der Waals surface area contributed by atoms with Crippen molar-refractivity contribution in [2.24, 2.45) is 0 Å². The van der Waals surface area contributed by atoms with Crippen molar-refractivity contribution in [3.8, 4) is 5.75 Å². The third kappa shape index (κ3) is 3.41. The molecule has 0 saturated heterocycles. The van der Waals surface area contributed by atoms with Crippen LogP contribution in [-0.2, 0) is 0 Å². The van der Waals surface area contributed by atoms with Crippen molar-refractivity contribution in [3.63, 3.8) is 0 Å². The van der Waals surface area contributed by atoms with Crippen LogP contribution in [0, 0.1) is 0 Å². The molecule has 1 aromatic heterocycles. The smallest absolute Gasteiger partial charge is 0.351 e. The molecule has 0 aliphatic carbocycles. The molecule has 0 aliphatic rings. The number of halogens is 1. The fraction of sp³-hybridized carbons (Fsp3) is 0.158. The molecule has 3 rings (SSSR count). The van der Waals surface area contributed by atoms with Crippen molar-refractivity contribution in [3.05, 3.63) is 74.6 Å². The first-order valence-corrected chi connectivity index (χ1v) is 8.29. The molecule has 24 heavy (non-hydrogen) atoms. The monoisotopic (exact) mass is 386 g/mol. The topological polar surface area (TPSA) is 56.5 Å². The quantitative estimate of drug-likeness (QED) is 0.365. The van der Waals surface area contributed by atoms with Gasteiger partial charge in [-0.1, -0.05) is 41.9 Å². The number of hydrogen-bond acceptors (Lipinski definition) is 4. The van der Waals surface area contributed by atoms with E-state index in [4.69, 9.17) is 9.15 Å². The van der Waals surface area contributed by atoms with Crippen molar-refractivity contribution in [1.29, 1.82) is 0 Å². The molecule has 0 fully saturated rings. The Morgan fingerprint density at radius 2 is 1.79 bits per heavy atom. The Morgan fingerprint density at radius 3 is 2.46 bits per heavy atom. The second-order valence-corrected chi connectivity index (χ2v) is 6.66. The first-order chi connectivity index (χ1) is 11.4. The molecular weight excluding hydrogens is 372 g/mol. The van der Waals surface area contributed by atoms with E-state index in [1.165, 1.54) is 6.07 Å². The maximum absolute atomic E-state index is 12.3. The summed E-state index contributed by atoms with van der Waals surface area (Å²) in [5, 5.41) is 0.645. The molecule has 1 heterocycles. The fourth-order valence-corrected chi connectivity index (χ4v) is 2.70. The van der Waals surface area contributed by atoms with Crippen LogP contribution in [-0.4, -0.2) is 5.97 Å². The molecule has 0 bridgehead atoms. The molecule has 2 aromatic carbocycles. The largest absolute Gasteiger partial charge is 0.423 e. The first-order valence-electron chi connectivity index (χ1n) is 7.49. The number of carbonyl (C=O) groups excluding carboxylic acids is 1. The van der Waals surface area contributed by atoms with Gasteiger partial charge in [0.05, 0.1) is 0 Å². The minimum Gasteiger partial charge on any atom is -0.423 e. The van der Waals surface area contributed by atoms with Gasteiger partial charge >= 0.3 is 11.6 Å². The highest BCUT2D eigenvalue weighted by atomic mass is 79.9. The number of ether oxygens (including phenoxy) is 1. The molecule has 0 radical (unpaired) electrons. The lowest BCUT2D eigenvalue weighted by Crippen LogP contribution is -2.18. The van der Waals surface area contributed by atoms with Gasteiger partial charge < -0.3 is 9.15 Å². The van der Waals surface area contributed by atoms with Crippen LogP contribution >= 0.6 is 15.9 Å². The summed E-state index contributed by atoms with van der Waals surface area (Å²) in [7, 11) is 0. The Labute approximate surface area is 147 Å². The van der Waals surface area contributed by atoms with Crippen molar-refractivity contribution in [1.82, 2.24) is 0 Å². The summed E-state index contributed by atoms with van der Waals surface area (Å²) in [4.78, 5) is 24.3. The molecule has 0 aliphatic heterocycles. The second-order valence-electron chi connectivity index (χ2n) is 5.74. The van der Waals surface area contributed by atoms with Crippen LogP contribution < -0.4 is 10.4 Å². The third-order valence-electron chi connectivity index (χ3n) is 3.67. The maximum atomic E-state index is 12.3. The van der Waals surface area contributed by atoms with E-state index in [1.807, 2.05) is 12.1 Å². The number of fused-ring (bicyclic) bond motifs is 1. The highest BCUT2D eigenvalue weighted by Gasteiger charge is 2.16. The molecule has 0 N–H and O–H groups in total. The minimum absolute atomic E-state index is 0.131. The van der Waals surface area contributed by atoms with Gasteiger partial charge in [0.1, 0.15) is 16.9 Å². The van der Waals surface area contributed by atoms with Gasteiger partial charge in [-0.2, -0.15) is 0 Å². The highest BCUT2D eigenvalue weighted by molar-refractivity contribution is 9.10. The van der Waals surface area contributed by atoms with E-state index in [1.54, 1.807) is 30.3 Å². The van der Waals surface area contributed by atoms with Gasteiger partial charge in [0, 0.05) is 9.86 Å². The number of carbonyl (C=O) groups is 1. The lowest BCUT2D eigenvalue weighted by atomic mass is 10.0. The minimum atomic E-state index is -0.733. The number of esters is 1. The Balaban J connectivity index is 1.90. The zero-order valence-corrected chi connectivity index (χ0v) is 14.8. The van der Waals surface area contributed by atoms with E-state index in [9.17, 15) is 9.59 Å². The van der Waals surface area contributed by atoms with Gasteiger partial charge in [0.25, 0.3) is 0 Å². The van der Waals surface area contributed by atoms with Crippen molar-refractivity contribution < 1.29 is 13.9 Å². The maximum Gasteiger partial charge on any atom is 0.351 e. The molecule has 122 valence electrons. The Bertz CT molecular complexity index is 955. The van der Waals surface area contributed by atoms with Gasteiger partial charge in [-0.25, -0.2) is 9.59 Å². The van der Waals surface area contributed by atoms with Gasteiger partial charge in [0.2, 0.25) is 0 Å². The molecule has 0 spiro atoms. The zero-order valence-electron chi connectivity index (χ0n) is 13.2. The van der Waals surface area contributed by atoms with Crippen LogP contribution in [0.3, 0.4) is 0 Å². The number of rotatable bonds is 3. The van der Waals surface area contributed by atoms with Crippen molar-refractivity contribution in [2.75, 3.05) is 0 Å². The Morgan fingerprint density at radius 1 is 1.08 bits per heavy atom. The third-order valence-corrected chi connectivity index (χ3v) is 4.16. The predicted molar refractivity (Wildman–Crippen MR) is 95.7 cm³/mol. The highest BCUT2D eigenvalue weighted by Crippen LogP contribution is 2.21. The number of benzene rings is 2. The van der Waals surface area contributed by atoms with Crippen LogP contribution in [0.25, 0.3) is 11.0 Å². The average molecular weight is 387 g/mol. The van der Waals surface area contributed by atoms with E-state index in [0.717, 1.165) is 10.0 Å². The van der Waals surface area contributed by atoms with Crippen LogP contribution in [0.15, 0.2) is 62.2 Å². The lowest BCUT2D eigenvalue weighted by molar-refractivity contribution is 0.0730. The predicted octanol–water partition coefficient (Wildman–Crippen LogP) is 4.90. The van der Waals surface area contributed by atoms with Crippen molar-refractivity contribution >= 4 is 32.9 Å². The van der Waals surface area contributed by atoms with E-state index in [0.29, 0.717) is 22.6 Å². The summed E-state index contributed by atoms with van der Waals surface area (Å²) in [5.74, 6) is 0.0433. The van der Waals surface area contributed by atoms with Gasteiger partial charge in [-0.3, -0.25) is 0 Å². The fourth-order valence-electron chi connectivity index (χ4n) is 2.32. The summed E-state index contributed by atoms with van der Waals surface area (Å²) in [6.45, 7) is 4.17. The van der Waals surface area contributed by atoms with Gasteiger partial charge in [-0.15, -0.1) is 0 Å². The summed E-state index contributed by atoms with van der Waals surface area (Å²) in [6.07, 6.45) is 0. The van der Waals surface area contributed by atoms with Crippen LogP contribution in [0.5, 0.6) is 5.75 Å². The van der Waals surface area contributed by atoms with Crippen LogP contribution in [0.2, 0.25) is 0 Å². The van der Waals surface area contributed by atoms with E-state index in [-0.39, 0.29) is 5.56 Å². The van der Waals surface area contributed by atoms with Gasteiger partial charge in [0.15, 0.2) is 0 Å². The second kappa shape index (κ2) is 6.61. The summed E-state index contributed by atoms with van der Waals surface area (Å²) in [5.41, 5.74) is 0.716. The lowest BCUT2D eigenvalue weighted by Gasteiger charge is -2.07. The SMILES string of the molecule is CC(C)c1ccc(OC(=O)c2cc3cc(Br)ccc3oc2=O)cc1.